The molecule has 1 rings (SSSR count). The Labute approximate surface area is 166 Å². The molecule has 0 aliphatic rings. The van der Waals surface area contributed by atoms with Crippen molar-refractivity contribution in [1.82, 2.24) is 0 Å². The van der Waals surface area contributed by atoms with Crippen LogP contribution in [0, 0.1) is 0 Å². The molecule has 0 saturated heterocycles. The molecule has 0 unspecified atom stereocenters. The smallest absolute Gasteiger partial charge is 0.497 e. The van der Waals surface area contributed by atoms with Gasteiger partial charge in [-0.1, -0.05) is 18.8 Å². The van der Waals surface area contributed by atoms with Crippen LogP contribution in [0.15, 0.2) is 18.2 Å². The Balaban J connectivity index is 0.00000400. The van der Waals surface area contributed by atoms with Crippen LogP contribution in [0.3, 0.4) is 0 Å². The van der Waals surface area contributed by atoms with E-state index in [0.717, 1.165) is 18.9 Å². The van der Waals surface area contributed by atoms with Gasteiger partial charge in [-0.15, -0.1) is 0 Å². The van der Waals surface area contributed by atoms with Gasteiger partial charge in [0.25, 0.3) is 0 Å². The van der Waals surface area contributed by atoms with Gasteiger partial charge >= 0.3 is 58.4 Å². The molecule has 0 fully saturated rings. The topological polar surface area (TPSA) is 27.7 Å². The summed E-state index contributed by atoms with van der Waals surface area (Å²) in [6.45, 7) is -2.14. The van der Waals surface area contributed by atoms with E-state index in [1.54, 1.807) is 0 Å². The molecule has 0 N–H and O–H groups in total. The molecule has 0 aliphatic heterocycles. The fraction of sp³-hybridized carbons (Fsp3) is 0.538. The van der Waals surface area contributed by atoms with Crippen LogP contribution in [0.1, 0.15) is 19.8 Å². The number of unbranched alkanes of at least 4 members (excludes halogenated alkanes) is 1. The minimum atomic E-state index is -5.14. The van der Waals surface area contributed by atoms with Crippen LogP contribution >= 0.6 is 0 Å². The molecular weight excluding hydrogens is 311 g/mol. The van der Waals surface area contributed by atoms with Gasteiger partial charge in [-0.3, -0.25) is 0 Å². The van der Waals surface area contributed by atoms with Gasteiger partial charge in [0, 0.05) is 6.61 Å². The third kappa shape index (κ3) is 7.90. The molecule has 8 heteroatoms. The Morgan fingerprint density at radius 1 is 1.10 bits per heavy atom. The fourth-order valence-corrected chi connectivity index (χ4v) is 1.60. The van der Waals surface area contributed by atoms with Crippen molar-refractivity contribution < 1.29 is 78.5 Å². The maximum absolute atomic E-state index is 12.9. The molecule has 0 bridgehead atoms. The number of rotatable bonds is 9. The molecule has 0 saturated carbocycles. The van der Waals surface area contributed by atoms with Crippen molar-refractivity contribution >= 4 is 12.4 Å². The zero-order valence-electron chi connectivity index (χ0n) is 12.7. The molecule has 0 amide bonds. The molecule has 114 valence electrons. The van der Waals surface area contributed by atoms with Crippen LogP contribution in [0.25, 0.3) is 0 Å². The third-order valence-electron chi connectivity index (χ3n) is 2.70. The maximum atomic E-state index is 12.9. The summed E-state index contributed by atoms with van der Waals surface area (Å²) in [5.41, 5.74) is -0.780. The Hall–Kier alpha value is 0.271. The van der Waals surface area contributed by atoms with E-state index in [2.05, 4.69) is 0 Å². The summed E-state index contributed by atoms with van der Waals surface area (Å²) in [5, 5.41) is 0. The molecule has 3 nitrogen and oxygen atoms in total. The van der Waals surface area contributed by atoms with Crippen molar-refractivity contribution in [3.8, 4) is 11.5 Å². The molecule has 0 radical (unpaired) electrons. The zero-order chi connectivity index (χ0) is 15.0. The number of benzene rings is 1. The minimum Gasteiger partial charge on any atom is -0.497 e. The standard InChI is InChI=1S/C13H19BF3O3.K/c1-3-4-7-19-8-9-20-13-6-5-11(18-2)10-12(13)14(15,16)17;/h5-6,10H,3-4,7-9H2,1-2H3;/q-1;+1. The number of halogens is 3. The van der Waals surface area contributed by atoms with Gasteiger partial charge in [0.15, 0.2) is 0 Å². The first-order chi connectivity index (χ1) is 9.49. The summed E-state index contributed by atoms with van der Waals surface area (Å²) in [7, 11) is 1.32. The van der Waals surface area contributed by atoms with E-state index in [1.165, 1.54) is 19.2 Å². The molecule has 0 aliphatic carbocycles. The molecule has 0 aromatic heterocycles. The van der Waals surface area contributed by atoms with Crippen LogP contribution < -0.4 is 66.3 Å². The zero-order valence-corrected chi connectivity index (χ0v) is 15.8. The van der Waals surface area contributed by atoms with Crippen molar-refractivity contribution in [2.45, 2.75) is 19.8 Å². The number of ether oxygens (including phenoxy) is 3. The quantitative estimate of drug-likeness (QED) is 0.469. The van der Waals surface area contributed by atoms with Crippen molar-refractivity contribution in [3.05, 3.63) is 18.2 Å². The summed E-state index contributed by atoms with van der Waals surface area (Å²) in [5.74, 6) is -0.0249. The van der Waals surface area contributed by atoms with Gasteiger partial charge in [-0.05, 0) is 24.6 Å². The SMILES string of the molecule is CCCCOCCOc1ccc(OC)cc1[B-](F)(F)F.[K+]. The Kier molecular flexibility index (Phi) is 11.0. The molecular formula is C13H19BF3KO3. The average molecular weight is 330 g/mol. The van der Waals surface area contributed by atoms with E-state index in [-0.39, 0.29) is 76.1 Å². The van der Waals surface area contributed by atoms with Gasteiger partial charge in [0.05, 0.1) is 19.5 Å². The van der Waals surface area contributed by atoms with E-state index in [1.807, 2.05) is 6.92 Å². The van der Waals surface area contributed by atoms with E-state index in [0.29, 0.717) is 6.61 Å². The largest absolute Gasteiger partial charge is 1.00 e. The van der Waals surface area contributed by atoms with Gasteiger partial charge in [0.2, 0.25) is 0 Å². The molecule has 1 aromatic rings. The summed E-state index contributed by atoms with van der Waals surface area (Å²) in [4.78, 5) is 0. The second kappa shape index (κ2) is 10.9. The van der Waals surface area contributed by atoms with Crippen molar-refractivity contribution in [2.75, 3.05) is 26.9 Å². The summed E-state index contributed by atoms with van der Waals surface area (Å²) in [6, 6.07) is 3.67. The minimum absolute atomic E-state index is 0. The van der Waals surface area contributed by atoms with Crippen LogP contribution in [-0.4, -0.2) is 33.9 Å². The van der Waals surface area contributed by atoms with Crippen LogP contribution in [0.2, 0.25) is 0 Å². The fourth-order valence-electron chi connectivity index (χ4n) is 1.60. The second-order valence-corrected chi connectivity index (χ2v) is 4.29. The van der Waals surface area contributed by atoms with E-state index in [4.69, 9.17) is 14.2 Å². The predicted octanol–water partition coefficient (Wildman–Crippen LogP) is -0.0509. The first-order valence-corrected chi connectivity index (χ1v) is 6.57. The monoisotopic (exact) mass is 330 g/mol. The summed E-state index contributed by atoms with van der Waals surface area (Å²) in [6.07, 6.45) is 1.94. The number of methoxy groups -OCH3 is 1. The van der Waals surface area contributed by atoms with Crippen LogP contribution in [-0.2, 0) is 4.74 Å². The first-order valence-electron chi connectivity index (χ1n) is 6.57. The maximum Gasteiger partial charge on any atom is 1.00 e. The van der Waals surface area contributed by atoms with E-state index < -0.39 is 12.4 Å². The summed E-state index contributed by atoms with van der Waals surface area (Å²) < 4.78 is 54.0. The number of hydrogen-bond acceptors (Lipinski definition) is 3. The van der Waals surface area contributed by atoms with Crippen molar-refractivity contribution in [1.29, 1.82) is 0 Å². The van der Waals surface area contributed by atoms with E-state index in [9.17, 15) is 12.9 Å². The molecule has 21 heavy (non-hydrogen) atoms. The second-order valence-electron chi connectivity index (χ2n) is 4.29. The first kappa shape index (κ1) is 21.3. The summed E-state index contributed by atoms with van der Waals surface area (Å²) >= 11 is 0. The van der Waals surface area contributed by atoms with Crippen LogP contribution in [0.4, 0.5) is 12.9 Å². The Bertz CT molecular complexity index is 416. The Morgan fingerprint density at radius 2 is 1.81 bits per heavy atom. The molecule has 0 heterocycles. The normalized spacial score (nSPS) is 10.9. The van der Waals surface area contributed by atoms with Gasteiger partial charge < -0.3 is 27.2 Å². The average Bonchev–Trinajstić information content (AvgIpc) is 2.41. The molecule has 1 aromatic carbocycles. The van der Waals surface area contributed by atoms with Crippen molar-refractivity contribution in [3.63, 3.8) is 0 Å². The van der Waals surface area contributed by atoms with Gasteiger partial charge in [-0.2, -0.15) is 0 Å². The Morgan fingerprint density at radius 3 is 2.38 bits per heavy atom. The molecule has 0 spiro atoms. The third-order valence-corrected chi connectivity index (χ3v) is 2.70. The van der Waals surface area contributed by atoms with Gasteiger partial charge in [-0.25, -0.2) is 0 Å². The number of hydrogen-bond donors (Lipinski definition) is 0. The van der Waals surface area contributed by atoms with Gasteiger partial charge in [0.1, 0.15) is 12.4 Å². The van der Waals surface area contributed by atoms with Crippen molar-refractivity contribution in [2.24, 2.45) is 0 Å². The van der Waals surface area contributed by atoms with E-state index >= 15 is 0 Å². The van der Waals surface area contributed by atoms with Crippen LogP contribution in [0.5, 0.6) is 11.5 Å². The predicted molar refractivity (Wildman–Crippen MR) is 72.9 cm³/mol. The molecule has 0 atom stereocenters.